The lowest BCUT2D eigenvalue weighted by molar-refractivity contribution is -0.144. The quantitative estimate of drug-likeness (QED) is 0.0164. The summed E-state index contributed by atoms with van der Waals surface area (Å²) in [5, 5.41) is 130. The first-order valence-corrected chi connectivity index (χ1v) is 46.3. The molecule has 0 aliphatic rings. The van der Waals surface area contributed by atoms with Crippen molar-refractivity contribution >= 4 is 160 Å². The summed E-state index contributed by atoms with van der Waals surface area (Å²) in [6, 6.07) is -19.9. The highest BCUT2D eigenvalue weighted by molar-refractivity contribution is 6.02. The molecular weight excluding hydrogens is 1920 g/mol. The zero-order chi connectivity index (χ0) is 111. The van der Waals surface area contributed by atoms with Gasteiger partial charge in [-0.1, -0.05) is 71.9 Å². The Morgan fingerprint density at radius 1 is 0.297 bits per heavy atom. The van der Waals surface area contributed by atoms with Crippen LogP contribution in [0.3, 0.4) is 0 Å². The van der Waals surface area contributed by atoms with Gasteiger partial charge in [0.2, 0.25) is 112 Å². The minimum atomic E-state index is -2.00. The number of aliphatic hydroxyl groups excluding tert-OH is 1. The molecule has 0 heterocycles. The first-order valence-electron chi connectivity index (χ1n) is 46.3. The Hall–Kier alpha value is -15.6. The highest BCUT2D eigenvalue weighted by atomic mass is 16.4. The van der Waals surface area contributed by atoms with E-state index in [4.69, 9.17) is 38.9 Å². The van der Waals surface area contributed by atoms with Crippen LogP contribution in [0.4, 0.5) is 0 Å². The summed E-state index contributed by atoms with van der Waals surface area (Å²) in [5.41, 5.74) is 22.5. The van der Waals surface area contributed by atoms with Gasteiger partial charge in [-0.25, -0.2) is 4.79 Å². The van der Waals surface area contributed by atoms with Crippen molar-refractivity contribution in [2.24, 2.45) is 40.7 Å². The summed E-state index contributed by atoms with van der Waals surface area (Å²) in [5.74, 6) is -32.8. The van der Waals surface area contributed by atoms with Crippen molar-refractivity contribution < 1.29 is 156 Å². The van der Waals surface area contributed by atoms with Gasteiger partial charge >= 0.3 is 35.8 Å². The smallest absolute Gasteiger partial charge is 0.326 e. The van der Waals surface area contributed by atoms with E-state index in [0.717, 1.165) is 27.7 Å². The molecule has 1 aromatic carbocycles. The van der Waals surface area contributed by atoms with E-state index in [-0.39, 0.29) is 51.2 Å². The molecular formula is C87H140N26O32. The molecule has 0 radical (unpaired) electrons. The molecule has 0 fully saturated rings. The SMILES string of the molecule is CC(C)C[C@H](NC(=O)[C@@H](NC(=O)[C@@H](NC(=O)[C@H](CCC(=O)O)NC(=O)[C@H](C)NC(=O)[C@H](CCC(=O)O)NC(=O)[C@H](CCCNC(=N)N)NC(=O)[C@H](Cc1ccccc1)NC(=O)[C@@H](NC(=O)[C@H](C)NC(=O)[C@@H](N)CCCNC(=N)N)C(C)C)C(C)C)[C@@H](C)O)C(=O)N[C@@H](CCC(=O)O)C(=O)N[C@@H](C)C(=O)NCC(=O)NCC(=O)N[C@@H](C)C(=O)N[C@@H](CCC(=O)O)C(=O)N[C@@H](CCC(N)=O)C(=O)N[C@@H](CCC(=O)O)C(=O)O. The van der Waals surface area contributed by atoms with Gasteiger partial charge in [0, 0.05) is 58.0 Å². The van der Waals surface area contributed by atoms with Crippen LogP contribution in [0.1, 0.15) is 191 Å². The molecule has 1 aromatic rings. The molecule has 0 spiro atoms. The van der Waals surface area contributed by atoms with E-state index in [9.17, 15) is 151 Å². The predicted molar refractivity (Wildman–Crippen MR) is 507 cm³/mol. The Balaban J connectivity index is 3.44. The lowest BCUT2D eigenvalue weighted by Crippen LogP contribution is -2.62. The maximum atomic E-state index is 14.6. The number of rotatable bonds is 70. The third-order valence-electron chi connectivity index (χ3n) is 21.4. The number of amides is 19. The van der Waals surface area contributed by atoms with Gasteiger partial charge in [0.25, 0.3) is 0 Å². The van der Waals surface area contributed by atoms with Crippen LogP contribution < -0.4 is 129 Å². The number of carboxylic acid groups (broad SMARTS) is 6. The van der Waals surface area contributed by atoms with Crippen LogP contribution in [0.25, 0.3) is 0 Å². The predicted octanol–water partition coefficient (Wildman–Crippen LogP) is -10.4. The van der Waals surface area contributed by atoms with Crippen molar-refractivity contribution in [3.63, 3.8) is 0 Å². The fourth-order valence-electron chi connectivity index (χ4n) is 13.3. The lowest BCUT2D eigenvalue weighted by atomic mass is 9.99. The maximum absolute atomic E-state index is 14.6. The van der Waals surface area contributed by atoms with Gasteiger partial charge in [-0.3, -0.25) is 126 Å². The molecule has 0 unspecified atom stereocenters. The Kier molecular flexibility index (Phi) is 57.6. The molecule has 1 rings (SSSR count). The van der Waals surface area contributed by atoms with Gasteiger partial charge in [-0.05, 0) is 129 Å². The number of hydrogen-bond donors (Lipinski definition) is 33. The standard InChI is InChI=1S/C87H140N26O32/c1-39(2)35-56(80(139)107-52(23-29-62(120)121)74(133)100-42(7)69(128)97-37-59(116)96-38-60(117)98-43(8)70(129)102-53(24-30-63(122)123)77(136)105-50(21-27-58(89)115)78(137)108-55(85(144)145)26-32-65(126)127)109-84(143)68(46(11)114)113-83(142)67(41(5)6)112-79(138)54(25-31-64(124)125)103-71(130)44(9)101-75(134)51(22-28-61(118)119)106-76(135)49(20-16-34-95-87(92)93)104-81(140)57(36-47-17-13-12-14-18-47)110-82(141)66(40(3)4)111-72(131)45(10)99-73(132)48(88)19-15-33-94-86(90)91/h12-14,17-18,39-46,48-57,66-68,114H,15-16,19-38,88H2,1-11H3,(H2,89,115)(H,96,116)(H,97,128)(H,98,117)(H,99,132)(H,100,133)(H,101,134)(H,102,129)(H,103,130)(H,104,140)(H,105,136)(H,106,135)(H,107,139)(H,108,137)(H,109,143)(H,110,141)(H,111,131)(H,112,138)(H,113,142)(H,118,119)(H,120,121)(H,122,123)(H,124,125)(H,126,127)(H,144,145)(H4,90,91,94)(H4,92,93,95)/t42-,43-,44-,45-,46+,48-,49-,50-,51-,52-,53-,54-,55-,56-,57-,66-,67-,68-/m0/s1. The Labute approximate surface area is 832 Å². The van der Waals surface area contributed by atoms with E-state index in [2.05, 4.69) is 101 Å². The Morgan fingerprint density at radius 3 is 0.986 bits per heavy atom. The van der Waals surface area contributed by atoms with Crippen molar-refractivity contribution in [3.8, 4) is 0 Å². The van der Waals surface area contributed by atoms with Crippen LogP contribution in [0, 0.1) is 28.6 Å². The van der Waals surface area contributed by atoms with Gasteiger partial charge in [-0.2, -0.15) is 0 Å². The maximum Gasteiger partial charge on any atom is 0.326 e. The molecule has 19 amide bonds. The van der Waals surface area contributed by atoms with E-state index in [1.54, 1.807) is 58.0 Å². The van der Waals surface area contributed by atoms with Crippen LogP contribution in [0.2, 0.25) is 0 Å². The van der Waals surface area contributed by atoms with Crippen LogP contribution in [-0.4, -0.2) is 331 Å². The molecule has 0 aliphatic carbocycles. The minimum absolute atomic E-state index is 0.0374. The van der Waals surface area contributed by atoms with Gasteiger partial charge in [0.15, 0.2) is 11.9 Å². The first kappa shape index (κ1) is 127. The van der Waals surface area contributed by atoms with Gasteiger partial charge in [0.1, 0.15) is 96.7 Å². The average Bonchev–Trinajstić information content (AvgIpc) is 0.841. The van der Waals surface area contributed by atoms with Crippen molar-refractivity contribution in [3.05, 3.63) is 35.9 Å². The van der Waals surface area contributed by atoms with Crippen LogP contribution in [-0.2, 0) is 126 Å². The summed E-state index contributed by atoms with van der Waals surface area (Å²) in [6.07, 6.45) is -10.6. The van der Waals surface area contributed by atoms with E-state index in [0.29, 0.717) is 12.0 Å². The number of hydrogen-bond acceptors (Lipinski definition) is 29. The Bertz CT molecular complexity index is 4720. The highest BCUT2D eigenvalue weighted by Gasteiger charge is 2.41. The molecule has 0 aliphatic heterocycles. The number of carbonyl (C=O) groups excluding carboxylic acids is 19. The van der Waals surface area contributed by atoms with E-state index < -0.39 is 371 Å². The van der Waals surface area contributed by atoms with E-state index >= 15 is 0 Å². The van der Waals surface area contributed by atoms with Crippen molar-refractivity contribution in [1.29, 1.82) is 10.8 Å². The summed E-state index contributed by atoms with van der Waals surface area (Å²) in [6.45, 7) is 13.1. The number of aliphatic hydroxyl groups is 1. The molecule has 37 N–H and O–H groups in total. The number of benzene rings is 1. The fraction of sp³-hybridized carbons (Fsp3) is 0.621. The second kappa shape index (κ2) is 65.5. The minimum Gasteiger partial charge on any atom is -0.481 e. The van der Waals surface area contributed by atoms with Crippen LogP contribution in [0.15, 0.2) is 30.3 Å². The van der Waals surface area contributed by atoms with Gasteiger partial charge in [-0.15, -0.1) is 0 Å². The Morgan fingerprint density at radius 2 is 0.593 bits per heavy atom. The molecule has 58 nitrogen and oxygen atoms in total. The van der Waals surface area contributed by atoms with Gasteiger partial charge in [0.05, 0.1) is 25.2 Å². The van der Waals surface area contributed by atoms with Crippen molar-refractivity contribution in [1.82, 2.24) is 106 Å². The third-order valence-corrected chi connectivity index (χ3v) is 21.4. The fourth-order valence-corrected chi connectivity index (χ4v) is 13.3. The van der Waals surface area contributed by atoms with Crippen molar-refractivity contribution in [2.45, 2.75) is 301 Å². The molecule has 18 atom stereocenters. The average molecular weight is 2060 g/mol. The molecule has 58 heteroatoms. The molecule has 810 valence electrons. The number of aliphatic carboxylic acids is 6. The second-order valence-electron chi connectivity index (χ2n) is 35.1. The summed E-state index contributed by atoms with van der Waals surface area (Å²) in [4.78, 5) is 330. The molecule has 0 aromatic heterocycles. The topological polar surface area (TPSA) is 961 Å². The molecule has 0 bridgehead atoms. The highest BCUT2D eigenvalue weighted by Crippen LogP contribution is 2.16. The number of guanidine groups is 2. The lowest BCUT2D eigenvalue weighted by Gasteiger charge is -2.30. The number of carboxylic acids is 6. The van der Waals surface area contributed by atoms with Crippen molar-refractivity contribution in [2.75, 3.05) is 26.2 Å². The van der Waals surface area contributed by atoms with Crippen LogP contribution in [0.5, 0.6) is 0 Å². The summed E-state index contributed by atoms with van der Waals surface area (Å²) >= 11 is 0. The second-order valence-corrected chi connectivity index (χ2v) is 35.1. The largest absolute Gasteiger partial charge is 0.481 e. The molecule has 0 saturated heterocycles. The molecule has 145 heavy (non-hydrogen) atoms. The summed E-state index contributed by atoms with van der Waals surface area (Å²) in [7, 11) is 0. The normalized spacial score (nSPS) is 14.7. The third kappa shape index (κ3) is 52.1. The number of nitrogens with one attached hydrogen (secondary N) is 22. The first-order chi connectivity index (χ1) is 67.6. The zero-order valence-electron chi connectivity index (χ0n) is 82.2. The van der Waals surface area contributed by atoms with E-state index in [1.165, 1.54) is 20.8 Å². The number of carbonyl (C=O) groups is 25. The number of primary amides is 1. The molecule has 0 saturated carbocycles. The number of nitrogens with two attached hydrogens (primary N) is 4. The van der Waals surface area contributed by atoms with E-state index in [1.807, 2.05) is 5.32 Å². The van der Waals surface area contributed by atoms with Gasteiger partial charge < -0.3 is 165 Å². The van der Waals surface area contributed by atoms with Crippen LogP contribution >= 0.6 is 0 Å². The zero-order valence-corrected chi connectivity index (χ0v) is 82.2. The monoisotopic (exact) mass is 2060 g/mol. The summed E-state index contributed by atoms with van der Waals surface area (Å²) < 4.78 is 0.